The van der Waals surface area contributed by atoms with Crippen molar-refractivity contribution in [2.45, 2.75) is 79.4 Å². The number of hydrogen-bond acceptors (Lipinski definition) is 5. The number of aliphatic imine (C=N–C) groups is 1. The fraction of sp³-hybridized carbons (Fsp3) is 0.517. The molecule has 8 heteroatoms. The molecule has 37 heavy (non-hydrogen) atoms. The number of halogens is 2. The molecule has 0 amide bonds. The zero-order valence-corrected chi connectivity index (χ0v) is 24.8. The van der Waals surface area contributed by atoms with E-state index in [0.717, 1.165) is 24.6 Å². The molecule has 0 fully saturated rings. The molecule has 0 radical (unpaired) electrons. The van der Waals surface area contributed by atoms with Gasteiger partial charge in [-0.15, -0.1) is 8.20 Å². The third kappa shape index (κ3) is 11.5. The lowest BCUT2D eigenvalue weighted by Gasteiger charge is -2.23. The molecule has 0 saturated carbocycles. The van der Waals surface area contributed by atoms with Crippen molar-refractivity contribution >= 4 is 25.3 Å². The van der Waals surface area contributed by atoms with Crippen molar-refractivity contribution in [1.29, 1.82) is 0 Å². The van der Waals surface area contributed by atoms with Crippen LogP contribution in [-0.4, -0.2) is 52.3 Å². The molecule has 0 aliphatic carbocycles. The minimum absolute atomic E-state index is 0.176. The van der Waals surface area contributed by atoms with Gasteiger partial charge in [-0.25, -0.2) is 13.8 Å². The highest BCUT2D eigenvalue weighted by Crippen LogP contribution is 2.28. The molecule has 1 aromatic heterocycles. The normalized spacial score (nSPS) is 14.4. The predicted molar refractivity (Wildman–Crippen MR) is 155 cm³/mol. The number of ether oxygens (including phenoxy) is 2. The maximum absolute atomic E-state index is 14.1. The highest BCUT2D eigenvalue weighted by atomic mass is 31.1. The van der Waals surface area contributed by atoms with Crippen molar-refractivity contribution in [1.82, 2.24) is 9.97 Å². The molecule has 0 aromatic carbocycles. The number of alkyl halides is 2. The largest absolute Gasteiger partial charge is 0.471 e. The summed E-state index contributed by atoms with van der Waals surface area (Å²) in [6.45, 7) is 21.1. The summed E-state index contributed by atoms with van der Waals surface area (Å²) in [5.41, 5.74) is 1.97. The van der Waals surface area contributed by atoms with Crippen molar-refractivity contribution in [3.05, 3.63) is 53.8 Å². The van der Waals surface area contributed by atoms with Crippen LogP contribution in [0.15, 0.2) is 53.2 Å². The molecule has 1 atom stereocenters. The van der Waals surface area contributed by atoms with Crippen LogP contribution in [0, 0.1) is 5.92 Å². The number of allylic oxidation sites excluding steroid dienone is 6. The minimum Gasteiger partial charge on any atom is -0.471 e. The molecule has 0 N–H and O–H groups in total. The Morgan fingerprint density at radius 3 is 2.19 bits per heavy atom. The second-order valence-corrected chi connectivity index (χ2v) is 11.6. The topological polar surface area (TPSA) is 56.6 Å². The third-order valence-electron chi connectivity index (χ3n) is 4.87. The fourth-order valence-electron chi connectivity index (χ4n) is 3.28. The lowest BCUT2D eigenvalue weighted by atomic mass is 9.92. The Morgan fingerprint density at radius 2 is 1.73 bits per heavy atom. The average Bonchev–Trinajstić information content (AvgIpc) is 2.76. The summed E-state index contributed by atoms with van der Waals surface area (Å²) in [5, 5.41) is 0.890. The van der Waals surface area contributed by atoms with Crippen molar-refractivity contribution < 1.29 is 18.3 Å². The second kappa shape index (κ2) is 14.3. The van der Waals surface area contributed by atoms with Gasteiger partial charge in [0.15, 0.2) is 0 Å². The molecule has 1 unspecified atom stereocenters. The highest BCUT2D eigenvalue weighted by molar-refractivity contribution is 7.40. The smallest absolute Gasteiger partial charge is 0.320 e. The molecular weight excluding hydrogens is 491 g/mol. The lowest BCUT2D eigenvalue weighted by Crippen LogP contribution is -2.26. The van der Waals surface area contributed by atoms with E-state index in [9.17, 15) is 8.78 Å². The summed E-state index contributed by atoms with van der Waals surface area (Å²) in [5.74, 6) is -0.634. The first kappa shape index (κ1) is 32.4. The van der Waals surface area contributed by atoms with Gasteiger partial charge in [-0.05, 0) is 91.5 Å². The monoisotopic (exact) mass is 533 g/mol. The van der Waals surface area contributed by atoms with E-state index in [4.69, 9.17) is 9.47 Å². The SMILES string of the molecule is C=C/C=C\C(=NC)C(CC(=PC)C(C=Cc1cnc(OC(C)(C)C)nc1OC(C)(C)C)=C(C)C)C(F)F. The molecule has 1 heterocycles. The van der Waals surface area contributed by atoms with Gasteiger partial charge in [0, 0.05) is 19.0 Å². The Hall–Kier alpha value is -2.66. The zero-order chi connectivity index (χ0) is 28.4. The molecule has 0 aliphatic heterocycles. The van der Waals surface area contributed by atoms with Crippen LogP contribution in [0.5, 0.6) is 11.9 Å². The molecule has 0 saturated heterocycles. The maximum atomic E-state index is 14.1. The van der Waals surface area contributed by atoms with Crippen LogP contribution < -0.4 is 9.47 Å². The summed E-state index contributed by atoms with van der Waals surface area (Å²) < 4.78 is 40.1. The van der Waals surface area contributed by atoms with Crippen LogP contribution in [0.3, 0.4) is 0 Å². The van der Waals surface area contributed by atoms with Gasteiger partial charge in [0.2, 0.25) is 12.3 Å². The summed E-state index contributed by atoms with van der Waals surface area (Å²) >= 11 is 0. The average molecular weight is 534 g/mol. The second-order valence-electron chi connectivity index (χ2n) is 10.6. The van der Waals surface area contributed by atoms with Crippen molar-refractivity contribution in [2.75, 3.05) is 13.7 Å². The van der Waals surface area contributed by atoms with Gasteiger partial charge >= 0.3 is 6.01 Å². The van der Waals surface area contributed by atoms with Gasteiger partial charge in [-0.2, -0.15) is 4.98 Å². The molecule has 204 valence electrons. The van der Waals surface area contributed by atoms with Crippen LogP contribution in [0.4, 0.5) is 8.78 Å². The van der Waals surface area contributed by atoms with E-state index in [2.05, 4.69) is 21.5 Å². The van der Waals surface area contributed by atoms with Crippen molar-refractivity contribution in [2.24, 2.45) is 10.9 Å². The number of aromatic nitrogens is 2. The predicted octanol–water partition coefficient (Wildman–Crippen LogP) is 8.01. The van der Waals surface area contributed by atoms with E-state index in [1.807, 2.05) is 74.2 Å². The van der Waals surface area contributed by atoms with Gasteiger partial charge in [0.05, 0.1) is 11.5 Å². The van der Waals surface area contributed by atoms with Gasteiger partial charge in [0.1, 0.15) is 11.2 Å². The molecule has 0 bridgehead atoms. The Balaban J connectivity index is 3.45. The summed E-state index contributed by atoms with van der Waals surface area (Å²) in [4.78, 5) is 13.0. The molecular formula is C29H42F2N3O2P. The van der Waals surface area contributed by atoms with Crippen LogP contribution in [0.25, 0.3) is 6.08 Å². The van der Waals surface area contributed by atoms with Crippen LogP contribution >= 0.6 is 8.20 Å². The molecule has 1 rings (SSSR count). The Kier molecular flexibility index (Phi) is 12.5. The zero-order valence-electron chi connectivity index (χ0n) is 23.9. The summed E-state index contributed by atoms with van der Waals surface area (Å²) in [6.07, 6.45) is 7.84. The molecule has 0 aliphatic rings. The molecule has 0 spiro atoms. The first-order chi connectivity index (χ1) is 17.1. The van der Waals surface area contributed by atoms with E-state index in [1.54, 1.807) is 24.4 Å². The van der Waals surface area contributed by atoms with Crippen LogP contribution in [-0.2, 0) is 0 Å². The Morgan fingerprint density at radius 1 is 1.11 bits per heavy atom. The number of nitrogens with zero attached hydrogens (tertiary/aromatic N) is 3. The van der Waals surface area contributed by atoms with Gasteiger partial charge in [-0.3, -0.25) is 4.99 Å². The van der Waals surface area contributed by atoms with E-state index in [-0.39, 0.29) is 12.4 Å². The van der Waals surface area contributed by atoms with E-state index in [0.29, 0.717) is 17.2 Å². The highest BCUT2D eigenvalue weighted by Gasteiger charge is 2.27. The Bertz CT molecular complexity index is 1070. The van der Waals surface area contributed by atoms with Gasteiger partial charge in [0.25, 0.3) is 0 Å². The number of rotatable bonds is 11. The minimum atomic E-state index is -2.55. The molecule has 1 aromatic rings. The lowest BCUT2D eigenvalue weighted by molar-refractivity contribution is 0.103. The van der Waals surface area contributed by atoms with E-state index >= 15 is 0 Å². The van der Waals surface area contributed by atoms with E-state index < -0.39 is 23.5 Å². The van der Waals surface area contributed by atoms with E-state index in [1.165, 1.54) is 7.05 Å². The standard InChI is InChI=1S/C29H42F2N3O2P/c1-12-13-14-23(32-10)22(25(30)31)17-24(37-11)21(19(2)3)16-15-20-18-33-27(36-29(7,8)9)34-26(20)35-28(4,5)6/h12-16,18,22,25H,1,17H2,2-11H3/b14-13-,16-15?,32-23?. The quantitative estimate of drug-likeness (QED) is 0.164. The number of hydrogen-bond donors (Lipinski definition) is 0. The third-order valence-corrected chi connectivity index (χ3v) is 5.83. The fourth-order valence-corrected chi connectivity index (χ4v) is 4.20. The van der Waals surface area contributed by atoms with Crippen LogP contribution in [0.1, 0.15) is 67.4 Å². The summed E-state index contributed by atoms with van der Waals surface area (Å²) in [7, 11) is 2.43. The maximum Gasteiger partial charge on any atom is 0.320 e. The van der Waals surface area contributed by atoms with Crippen molar-refractivity contribution in [3.63, 3.8) is 0 Å². The first-order valence-corrected chi connectivity index (χ1v) is 13.6. The first-order valence-electron chi connectivity index (χ1n) is 12.2. The molecule has 5 nitrogen and oxygen atoms in total. The summed E-state index contributed by atoms with van der Waals surface area (Å²) in [6, 6.07) is 0.226. The Labute approximate surface area is 223 Å². The van der Waals surface area contributed by atoms with Crippen molar-refractivity contribution in [3.8, 4) is 11.9 Å². The van der Waals surface area contributed by atoms with Crippen LogP contribution in [0.2, 0.25) is 0 Å². The van der Waals surface area contributed by atoms with Gasteiger partial charge < -0.3 is 9.47 Å². The van der Waals surface area contributed by atoms with Gasteiger partial charge in [-0.1, -0.05) is 30.4 Å².